The summed E-state index contributed by atoms with van der Waals surface area (Å²) < 4.78 is 139. The van der Waals surface area contributed by atoms with Crippen molar-refractivity contribution < 1.29 is 76.3 Å². The van der Waals surface area contributed by atoms with Gasteiger partial charge in [0.25, 0.3) is 40.5 Å². The number of carbonyl (C=O) groups is 1. The molecule has 3 heterocycles. The molecule has 2 aromatic carbocycles. The molecule has 2 aliphatic heterocycles. The largest absolute Gasteiger partial charge is 0.492 e. The maximum absolute atomic E-state index is 12.6. The number of nitrogens with zero attached hydrogens (tertiary/aromatic N) is 3. The van der Waals surface area contributed by atoms with Gasteiger partial charge in [-0.2, -0.15) is 38.2 Å². The first-order chi connectivity index (χ1) is 33.5. The highest BCUT2D eigenvalue weighted by atomic mass is 127. The summed E-state index contributed by atoms with van der Waals surface area (Å²) in [6, 6.07) is 8.59. The van der Waals surface area contributed by atoms with Crippen molar-refractivity contribution in [3.05, 3.63) is 106 Å². The number of aromatic nitrogens is 1. The van der Waals surface area contributed by atoms with Crippen molar-refractivity contribution in [1.29, 1.82) is 0 Å². The molecule has 0 saturated carbocycles. The zero-order chi connectivity index (χ0) is 53.5. The third-order valence-corrected chi connectivity index (χ3v) is 20.9. The molecule has 6 N–H and O–H groups in total. The SMILES string of the molecule is CC1(CCCCS(=O)(=O)O)C(C=CC=CC=CC=C2N(CCCS(=O)(=O)O)c3cc(I)c(I)c(I)c3C2(C)CCCCCC(=O)On2c(O)ccc2O)=[N+](CCCCS(=O)(=O)O)c2ccc(S(=O)(=O)O)cc21. The van der Waals surface area contributed by atoms with Crippen molar-refractivity contribution in [3.63, 3.8) is 0 Å². The monoisotopic (exact) mass is 1420 g/mol. The maximum Gasteiger partial charge on any atom is 0.333 e. The van der Waals surface area contributed by atoms with Gasteiger partial charge in [-0.3, -0.25) is 18.2 Å². The summed E-state index contributed by atoms with van der Waals surface area (Å²) >= 11 is 6.92. The zero-order valence-electron chi connectivity index (χ0n) is 39.2. The lowest BCUT2D eigenvalue weighted by Crippen LogP contribution is -2.31. The third kappa shape index (κ3) is 15.8. The maximum atomic E-state index is 12.6. The van der Waals surface area contributed by atoms with Crippen LogP contribution in [0.1, 0.15) is 95.6 Å². The number of fused-ring (bicyclic) bond motifs is 2. The van der Waals surface area contributed by atoms with Crippen LogP contribution < -0.4 is 9.74 Å². The molecule has 0 amide bonds. The molecule has 396 valence electrons. The van der Waals surface area contributed by atoms with Gasteiger partial charge < -0.3 is 20.0 Å². The van der Waals surface area contributed by atoms with Crippen LogP contribution >= 0.6 is 67.8 Å². The highest BCUT2D eigenvalue weighted by Crippen LogP contribution is 2.54. The Balaban J connectivity index is 1.47. The molecule has 0 aliphatic carbocycles. The van der Waals surface area contributed by atoms with E-state index in [1.807, 2.05) is 29.7 Å². The van der Waals surface area contributed by atoms with E-state index >= 15 is 0 Å². The topological polar surface area (TPSA) is 295 Å². The lowest BCUT2D eigenvalue weighted by Gasteiger charge is -2.31. The van der Waals surface area contributed by atoms with Crippen molar-refractivity contribution in [2.24, 2.45) is 0 Å². The number of anilines is 1. The first kappa shape index (κ1) is 59.9. The fourth-order valence-corrected chi connectivity index (χ4v) is 13.9. The van der Waals surface area contributed by atoms with Crippen LogP contribution in [0, 0.1) is 10.7 Å². The average Bonchev–Trinajstić information content (AvgIpc) is 3.79. The van der Waals surface area contributed by atoms with Gasteiger partial charge in [0.05, 0.1) is 27.6 Å². The van der Waals surface area contributed by atoms with Gasteiger partial charge in [0.15, 0.2) is 5.71 Å². The van der Waals surface area contributed by atoms with E-state index < -0.39 is 86.3 Å². The van der Waals surface area contributed by atoms with Crippen molar-refractivity contribution in [1.82, 2.24) is 4.73 Å². The van der Waals surface area contributed by atoms with Gasteiger partial charge in [0.1, 0.15) is 6.54 Å². The molecule has 0 spiro atoms. The Labute approximate surface area is 461 Å². The minimum atomic E-state index is -4.63. The number of unbranched alkanes of at least 4 members (excludes halogenated alkanes) is 4. The highest BCUT2D eigenvalue weighted by molar-refractivity contribution is 14.1. The van der Waals surface area contributed by atoms with Gasteiger partial charge in [-0.1, -0.05) is 49.6 Å². The van der Waals surface area contributed by atoms with Crippen LogP contribution in [0.25, 0.3) is 0 Å². The summed E-state index contributed by atoms with van der Waals surface area (Å²) in [5, 5.41) is 19.7. The van der Waals surface area contributed by atoms with Crippen molar-refractivity contribution >= 4 is 131 Å². The minimum absolute atomic E-state index is 0.0263. The summed E-state index contributed by atoms with van der Waals surface area (Å²) in [5.41, 5.74) is 3.03. The molecule has 2 aliphatic rings. The van der Waals surface area contributed by atoms with Crippen molar-refractivity contribution in [3.8, 4) is 11.8 Å². The standard InChI is InChI=1S/C46H56I3N3O16S4/c1-45(23-11-13-27-69(56,57)58)33-30-32(72(65,66)67)19-20-35(33)50(25-12-14-28-70(59,60)61)37(45)16-7-4-3-5-8-17-38-46(2,24-10-6-9-18-41(55)68-52-39(53)21-22-40(52)54)42-36(31-34(47)43(48)44(42)49)51(38)26-15-29-71(62,63)64/h3-5,7-8,16-17,19-22,30-31H,6,9-15,18,23-29H2,1-2H3,(H5-,53,54,56,57,58,59,60,61,62,63,64,65,66,67)/p+1. The average molecular weight is 1420 g/mol. The number of rotatable bonds is 26. The number of hydrogen-bond donors (Lipinski definition) is 6. The second-order valence-electron chi connectivity index (χ2n) is 17.8. The van der Waals surface area contributed by atoms with Gasteiger partial charge in [-0.05, 0) is 144 Å². The molecule has 2 atom stereocenters. The molecule has 26 heteroatoms. The number of halogens is 3. The lowest BCUT2D eigenvalue weighted by atomic mass is 9.75. The van der Waals surface area contributed by atoms with E-state index in [0.29, 0.717) is 66.6 Å². The summed E-state index contributed by atoms with van der Waals surface area (Å²) in [5.74, 6) is -2.89. The quantitative estimate of drug-likeness (QED) is 0.0110. The summed E-state index contributed by atoms with van der Waals surface area (Å²) in [6.07, 6.45) is 16.3. The van der Waals surface area contributed by atoms with Gasteiger partial charge in [0, 0.05) is 82.3 Å². The summed E-state index contributed by atoms with van der Waals surface area (Å²) in [4.78, 5) is 19.4. The minimum Gasteiger partial charge on any atom is -0.492 e. The molecule has 0 fully saturated rings. The predicted molar refractivity (Wildman–Crippen MR) is 298 cm³/mol. The molecule has 3 aromatic rings. The van der Waals surface area contributed by atoms with Crippen LogP contribution in [0.2, 0.25) is 0 Å². The van der Waals surface area contributed by atoms with E-state index in [1.54, 1.807) is 24.3 Å². The second-order valence-corrected chi connectivity index (χ2v) is 27.3. The van der Waals surface area contributed by atoms with E-state index in [1.165, 1.54) is 30.3 Å². The lowest BCUT2D eigenvalue weighted by molar-refractivity contribution is -0.438. The van der Waals surface area contributed by atoms with E-state index in [0.717, 1.165) is 27.7 Å². The Morgan fingerprint density at radius 1 is 0.681 bits per heavy atom. The Bertz CT molecular complexity index is 3130. The summed E-state index contributed by atoms with van der Waals surface area (Å²) in [7, 11) is -17.4. The molecule has 0 saturated heterocycles. The van der Waals surface area contributed by atoms with Crippen LogP contribution in [0.3, 0.4) is 0 Å². The Kier molecular flexibility index (Phi) is 20.6. The Hall–Kier alpha value is -2.95. The molecule has 1 aromatic heterocycles. The Morgan fingerprint density at radius 2 is 1.25 bits per heavy atom. The number of hydrogen-bond acceptors (Lipinski definition) is 13. The fourth-order valence-electron chi connectivity index (χ4n) is 9.12. The Morgan fingerprint density at radius 3 is 1.88 bits per heavy atom. The van der Waals surface area contributed by atoms with Gasteiger partial charge >= 0.3 is 5.97 Å². The van der Waals surface area contributed by atoms with Crippen LogP contribution in [-0.4, -0.2) is 113 Å². The van der Waals surface area contributed by atoms with Gasteiger partial charge in [0.2, 0.25) is 17.4 Å². The second kappa shape index (κ2) is 24.8. The van der Waals surface area contributed by atoms with Crippen molar-refractivity contribution in [2.75, 3.05) is 35.2 Å². The molecular weight excluding hydrogens is 1360 g/mol. The molecule has 0 bridgehead atoms. The van der Waals surface area contributed by atoms with Gasteiger partial charge in [-0.15, -0.1) is 4.73 Å². The number of allylic oxidation sites excluding steroid dienone is 8. The number of aromatic hydroxyl groups is 2. The van der Waals surface area contributed by atoms with E-state index in [-0.39, 0.29) is 43.7 Å². The first-order valence-electron chi connectivity index (χ1n) is 22.6. The van der Waals surface area contributed by atoms with E-state index in [9.17, 15) is 66.9 Å². The van der Waals surface area contributed by atoms with Crippen LogP contribution in [0.5, 0.6) is 11.8 Å². The van der Waals surface area contributed by atoms with E-state index in [2.05, 4.69) is 85.7 Å². The van der Waals surface area contributed by atoms with E-state index in [4.69, 9.17) is 4.84 Å². The normalized spacial score (nSPS) is 19.2. The fraction of sp³-hybridized carbons (Fsp3) is 0.435. The zero-order valence-corrected chi connectivity index (χ0v) is 48.9. The van der Waals surface area contributed by atoms with Crippen molar-refractivity contribution in [2.45, 2.75) is 100 Å². The van der Waals surface area contributed by atoms with Crippen LogP contribution in [-0.2, 0) is 56.1 Å². The molecule has 19 nitrogen and oxygen atoms in total. The first-order valence-corrected chi connectivity index (χ1v) is 32.1. The molecule has 0 radical (unpaired) electrons. The molecule has 5 rings (SSSR count). The predicted octanol–water partition coefficient (Wildman–Crippen LogP) is 8.26. The molecule has 72 heavy (non-hydrogen) atoms. The van der Waals surface area contributed by atoms with Crippen LogP contribution in [0.4, 0.5) is 11.4 Å². The third-order valence-electron chi connectivity index (χ3n) is 12.5. The molecule has 2 unspecified atom stereocenters. The number of benzene rings is 2. The number of carbonyl (C=O) groups excluding carboxylic acids is 1. The molecular formula is C46H57I3N3O16S4+. The smallest absolute Gasteiger partial charge is 0.333 e. The highest BCUT2D eigenvalue weighted by Gasteiger charge is 2.48. The van der Waals surface area contributed by atoms with Gasteiger partial charge in [-0.25, -0.2) is 4.79 Å². The summed E-state index contributed by atoms with van der Waals surface area (Å²) in [6.45, 7) is 4.49. The van der Waals surface area contributed by atoms with Crippen LogP contribution in [0.15, 0.2) is 89.5 Å².